The summed E-state index contributed by atoms with van der Waals surface area (Å²) in [6.45, 7) is 1.94. The Hall–Kier alpha value is -1.80. The van der Waals surface area contributed by atoms with E-state index in [9.17, 15) is 4.79 Å². The van der Waals surface area contributed by atoms with Crippen molar-refractivity contribution in [3.8, 4) is 11.5 Å². The van der Waals surface area contributed by atoms with Gasteiger partial charge in [-0.3, -0.25) is 4.79 Å². The van der Waals surface area contributed by atoms with Gasteiger partial charge >= 0.3 is 0 Å². The summed E-state index contributed by atoms with van der Waals surface area (Å²) in [5, 5.41) is 0.429. The Balaban J connectivity index is 2.43. The number of benzene rings is 2. The van der Waals surface area contributed by atoms with Crippen molar-refractivity contribution in [2.24, 2.45) is 0 Å². The van der Waals surface area contributed by atoms with Crippen molar-refractivity contribution in [2.45, 2.75) is 6.92 Å². The van der Waals surface area contributed by atoms with Crippen LogP contribution in [0.3, 0.4) is 0 Å². The van der Waals surface area contributed by atoms with Crippen molar-refractivity contribution in [3.05, 3.63) is 58.6 Å². The van der Waals surface area contributed by atoms with Crippen LogP contribution in [0.15, 0.2) is 42.5 Å². The summed E-state index contributed by atoms with van der Waals surface area (Å²) < 4.78 is 5.70. The highest BCUT2D eigenvalue weighted by Crippen LogP contribution is 2.33. The zero-order valence-corrected chi connectivity index (χ0v) is 10.1. The van der Waals surface area contributed by atoms with Crippen LogP contribution < -0.4 is 4.74 Å². The highest BCUT2D eigenvalue weighted by atomic mass is 35.5. The summed E-state index contributed by atoms with van der Waals surface area (Å²) in [5.41, 5.74) is 1.44. The van der Waals surface area contributed by atoms with E-state index in [-0.39, 0.29) is 0 Å². The number of hydrogen-bond acceptors (Lipinski definition) is 2. The summed E-state index contributed by atoms with van der Waals surface area (Å²) in [7, 11) is 0. The van der Waals surface area contributed by atoms with Crippen molar-refractivity contribution in [2.75, 3.05) is 0 Å². The number of para-hydroxylation sites is 2. The quantitative estimate of drug-likeness (QED) is 0.757. The normalized spacial score (nSPS) is 10.0. The Morgan fingerprint density at radius 2 is 1.88 bits per heavy atom. The van der Waals surface area contributed by atoms with Crippen LogP contribution >= 0.6 is 11.6 Å². The van der Waals surface area contributed by atoms with E-state index in [0.717, 1.165) is 11.8 Å². The molecule has 0 fully saturated rings. The molecule has 0 heterocycles. The van der Waals surface area contributed by atoms with Gasteiger partial charge in [0.2, 0.25) is 0 Å². The van der Waals surface area contributed by atoms with Gasteiger partial charge in [0.25, 0.3) is 0 Å². The summed E-state index contributed by atoms with van der Waals surface area (Å²) in [6.07, 6.45) is 0.736. The van der Waals surface area contributed by atoms with Crippen molar-refractivity contribution < 1.29 is 9.53 Å². The van der Waals surface area contributed by atoms with Gasteiger partial charge in [0, 0.05) is 0 Å². The zero-order valence-electron chi connectivity index (χ0n) is 9.31. The number of rotatable bonds is 3. The predicted molar refractivity (Wildman–Crippen MR) is 68.1 cm³/mol. The minimum atomic E-state index is 0.401. The molecule has 2 rings (SSSR count). The molecule has 3 heteroatoms. The number of aldehydes is 1. The van der Waals surface area contributed by atoms with Crippen molar-refractivity contribution in [3.63, 3.8) is 0 Å². The van der Waals surface area contributed by atoms with E-state index in [2.05, 4.69) is 0 Å². The van der Waals surface area contributed by atoms with Crippen molar-refractivity contribution in [1.82, 2.24) is 0 Å². The van der Waals surface area contributed by atoms with Crippen LogP contribution in [0.5, 0.6) is 11.5 Å². The van der Waals surface area contributed by atoms with E-state index in [0.29, 0.717) is 22.1 Å². The number of halogens is 1. The average molecular weight is 247 g/mol. The summed E-state index contributed by atoms with van der Waals surface area (Å²) in [5.74, 6) is 1.10. The van der Waals surface area contributed by atoms with Gasteiger partial charge in [-0.2, -0.15) is 0 Å². The molecular formula is C14H11ClO2. The monoisotopic (exact) mass is 246 g/mol. The second-order valence-electron chi connectivity index (χ2n) is 3.64. The third kappa shape index (κ3) is 2.48. The fraction of sp³-hybridized carbons (Fsp3) is 0.0714. The molecule has 0 radical (unpaired) electrons. The zero-order chi connectivity index (χ0) is 12.3. The number of hydrogen-bond donors (Lipinski definition) is 0. The third-order valence-electron chi connectivity index (χ3n) is 2.43. The van der Waals surface area contributed by atoms with Crippen LogP contribution in [0.2, 0.25) is 5.02 Å². The summed E-state index contributed by atoms with van der Waals surface area (Å²) in [4.78, 5) is 10.9. The molecular weight excluding hydrogens is 236 g/mol. The van der Waals surface area contributed by atoms with Gasteiger partial charge in [-0.1, -0.05) is 35.9 Å². The molecule has 2 nitrogen and oxygen atoms in total. The molecule has 0 saturated heterocycles. The summed E-state index contributed by atoms with van der Waals surface area (Å²) >= 11 is 6.03. The lowest BCUT2D eigenvalue weighted by Crippen LogP contribution is -1.92. The maximum atomic E-state index is 10.9. The molecule has 0 aliphatic carbocycles. The first-order chi connectivity index (χ1) is 8.22. The minimum absolute atomic E-state index is 0.401. The molecule has 0 aliphatic rings. The number of carbonyl (C=O) groups is 1. The number of ether oxygens (including phenoxy) is 1. The highest BCUT2D eigenvalue weighted by molar-refractivity contribution is 6.32. The summed E-state index contributed by atoms with van der Waals surface area (Å²) in [6, 6.07) is 12.7. The maximum absolute atomic E-state index is 10.9. The molecule has 0 saturated carbocycles. The van der Waals surface area contributed by atoms with E-state index in [1.807, 2.05) is 31.2 Å². The Morgan fingerprint density at radius 1 is 1.12 bits per heavy atom. The molecule has 17 heavy (non-hydrogen) atoms. The Morgan fingerprint density at radius 3 is 2.59 bits per heavy atom. The smallest absolute Gasteiger partial charge is 0.156 e. The molecule has 0 N–H and O–H groups in total. The van der Waals surface area contributed by atoms with Crippen LogP contribution in [0, 0.1) is 6.92 Å². The minimum Gasteiger partial charge on any atom is -0.455 e. The van der Waals surface area contributed by atoms with Crippen LogP contribution in [0.1, 0.15) is 15.9 Å². The largest absolute Gasteiger partial charge is 0.455 e. The van der Waals surface area contributed by atoms with Crippen molar-refractivity contribution >= 4 is 17.9 Å². The predicted octanol–water partition coefficient (Wildman–Crippen LogP) is 4.25. The lowest BCUT2D eigenvalue weighted by atomic mass is 10.2. The molecule has 86 valence electrons. The van der Waals surface area contributed by atoms with E-state index < -0.39 is 0 Å². The maximum Gasteiger partial charge on any atom is 0.156 e. The molecule has 0 bridgehead atoms. The standard InChI is InChI=1S/C14H11ClO2/c1-10-5-2-3-8-13(10)17-14-11(9-16)6-4-7-12(14)15/h2-9H,1H3. The van der Waals surface area contributed by atoms with Gasteiger partial charge in [0.15, 0.2) is 12.0 Å². The molecule has 2 aromatic carbocycles. The Labute approximate surface area is 105 Å². The fourth-order valence-corrected chi connectivity index (χ4v) is 1.73. The lowest BCUT2D eigenvalue weighted by Gasteiger charge is -2.11. The van der Waals surface area contributed by atoms with Gasteiger partial charge in [-0.05, 0) is 30.7 Å². The van der Waals surface area contributed by atoms with E-state index in [4.69, 9.17) is 16.3 Å². The first-order valence-electron chi connectivity index (χ1n) is 5.19. The molecule has 0 aliphatic heterocycles. The first-order valence-corrected chi connectivity index (χ1v) is 5.57. The van der Waals surface area contributed by atoms with E-state index in [1.54, 1.807) is 18.2 Å². The first kappa shape index (κ1) is 11.7. The Kier molecular flexibility index (Phi) is 3.45. The lowest BCUT2D eigenvalue weighted by molar-refractivity contribution is 0.112. The topological polar surface area (TPSA) is 26.3 Å². The molecule has 0 unspecified atom stereocenters. The van der Waals surface area contributed by atoms with Gasteiger partial charge in [-0.25, -0.2) is 0 Å². The molecule has 2 aromatic rings. The second-order valence-corrected chi connectivity index (χ2v) is 4.05. The number of aryl methyl sites for hydroxylation is 1. The van der Waals surface area contributed by atoms with Crippen LogP contribution in [0.25, 0.3) is 0 Å². The highest BCUT2D eigenvalue weighted by Gasteiger charge is 2.09. The SMILES string of the molecule is Cc1ccccc1Oc1c(Cl)cccc1C=O. The van der Waals surface area contributed by atoms with Gasteiger partial charge < -0.3 is 4.74 Å². The van der Waals surface area contributed by atoms with Crippen LogP contribution in [0.4, 0.5) is 0 Å². The van der Waals surface area contributed by atoms with E-state index >= 15 is 0 Å². The Bertz CT molecular complexity index is 550. The van der Waals surface area contributed by atoms with Crippen LogP contribution in [-0.2, 0) is 0 Å². The van der Waals surface area contributed by atoms with E-state index in [1.165, 1.54) is 0 Å². The van der Waals surface area contributed by atoms with Gasteiger partial charge in [0.1, 0.15) is 5.75 Å². The van der Waals surface area contributed by atoms with Crippen molar-refractivity contribution in [1.29, 1.82) is 0 Å². The van der Waals surface area contributed by atoms with Crippen LogP contribution in [-0.4, -0.2) is 6.29 Å². The van der Waals surface area contributed by atoms with Gasteiger partial charge in [0.05, 0.1) is 10.6 Å². The fourth-order valence-electron chi connectivity index (χ4n) is 1.51. The third-order valence-corrected chi connectivity index (χ3v) is 2.73. The molecule has 0 amide bonds. The molecule has 0 aromatic heterocycles. The molecule has 0 atom stereocenters. The number of carbonyl (C=O) groups excluding carboxylic acids is 1. The second kappa shape index (κ2) is 5.02. The average Bonchev–Trinajstić information content (AvgIpc) is 2.34. The molecule has 0 spiro atoms. The van der Waals surface area contributed by atoms with Gasteiger partial charge in [-0.15, -0.1) is 0 Å².